The van der Waals surface area contributed by atoms with Crippen LogP contribution in [-0.2, 0) is 4.74 Å². The molecule has 0 bridgehead atoms. The van der Waals surface area contributed by atoms with Gasteiger partial charge in [0.2, 0.25) is 0 Å². The van der Waals surface area contributed by atoms with Gasteiger partial charge >= 0.3 is 0 Å². The third-order valence-corrected chi connectivity index (χ3v) is 5.29. The van der Waals surface area contributed by atoms with E-state index >= 15 is 0 Å². The van der Waals surface area contributed by atoms with Gasteiger partial charge in [-0.2, -0.15) is 5.26 Å². The van der Waals surface area contributed by atoms with Gasteiger partial charge in [-0.3, -0.25) is 0 Å². The summed E-state index contributed by atoms with van der Waals surface area (Å²) in [6.45, 7) is 3.83. The average molecular weight is 283 g/mol. The predicted octanol–water partition coefficient (Wildman–Crippen LogP) is 2.76. The number of rotatable bonds is 4. The Morgan fingerprint density at radius 2 is 2.44 bits per heavy atom. The van der Waals surface area contributed by atoms with E-state index < -0.39 is 0 Å². The number of thioether (sulfide) groups is 1. The fraction of sp³-hybridized carbons (Fsp3) is 0.583. The lowest BCUT2D eigenvalue weighted by Gasteiger charge is -2.15. The molecule has 0 aromatic carbocycles. The number of thiophene rings is 1. The normalized spacial score (nSPS) is 22.9. The molecule has 1 fully saturated rings. The van der Waals surface area contributed by atoms with Crippen molar-refractivity contribution < 1.29 is 4.74 Å². The molecule has 0 amide bonds. The van der Waals surface area contributed by atoms with Crippen LogP contribution in [-0.4, -0.2) is 25.5 Å². The first kappa shape index (κ1) is 13.5. The minimum Gasteiger partial charge on any atom is -0.396 e. The summed E-state index contributed by atoms with van der Waals surface area (Å²) in [4.78, 5) is 1.58. The van der Waals surface area contributed by atoms with Crippen LogP contribution in [0.2, 0.25) is 0 Å². The first-order chi connectivity index (χ1) is 8.67. The smallest absolute Gasteiger partial charge is 0.131 e. The van der Waals surface area contributed by atoms with Gasteiger partial charge in [0, 0.05) is 19.1 Å². The summed E-state index contributed by atoms with van der Waals surface area (Å²) < 4.78 is 5.54. The molecule has 2 rings (SSSR count). The predicted molar refractivity (Wildman–Crippen MR) is 77.2 cm³/mol. The van der Waals surface area contributed by atoms with Crippen molar-refractivity contribution in [2.75, 3.05) is 30.5 Å². The Morgan fingerprint density at radius 1 is 1.67 bits per heavy atom. The molecule has 4 nitrogen and oxygen atoms in total. The molecular weight excluding hydrogens is 266 g/mol. The third-order valence-electron chi connectivity index (χ3n) is 3.26. The Labute approximate surface area is 116 Å². The zero-order valence-electron chi connectivity index (χ0n) is 10.5. The van der Waals surface area contributed by atoms with E-state index in [1.165, 1.54) is 11.3 Å². The van der Waals surface area contributed by atoms with Gasteiger partial charge < -0.3 is 15.8 Å². The van der Waals surface area contributed by atoms with Crippen LogP contribution in [0, 0.1) is 17.2 Å². The molecule has 1 saturated heterocycles. The molecule has 18 heavy (non-hydrogen) atoms. The van der Waals surface area contributed by atoms with E-state index in [0.717, 1.165) is 29.5 Å². The zero-order chi connectivity index (χ0) is 13.1. The van der Waals surface area contributed by atoms with Crippen molar-refractivity contribution in [1.29, 1.82) is 5.26 Å². The molecule has 2 atom stereocenters. The molecule has 2 unspecified atom stereocenters. The van der Waals surface area contributed by atoms with Crippen molar-refractivity contribution in [3.05, 3.63) is 4.88 Å². The minimum absolute atomic E-state index is 0.308. The van der Waals surface area contributed by atoms with Crippen LogP contribution in [0.15, 0.2) is 4.90 Å². The minimum atomic E-state index is 0.308. The number of nitrogens with zero attached hydrogens (tertiary/aromatic N) is 1. The summed E-state index contributed by atoms with van der Waals surface area (Å²) in [6.07, 6.45) is 3.38. The monoisotopic (exact) mass is 283 g/mol. The molecule has 98 valence electrons. The van der Waals surface area contributed by atoms with Crippen LogP contribution < -0.4 is 11.1 Å². The molecule has 1 aliphatic heterocycles. The van der Waals surface area contributed by atoms with Crippen molar-refractivity contribution in [2.24, 2.45) is 5.92 Å². The molecule has 3 N–H and O–H groups in total. The molecular formula is C12H17N3OS2. The van der Waals surface area contributed by atoms with Crippen molar-refractivity contribution in [3.8, 4) is 6.07 Å². The molecule has 0 saturated carbocycles. The number of ether oxygens (including phenoxy) is 1. The maximum atomic E-state index is 9.00. The number of hydrogen-bond donors (Lipinski definition) is 2. The highest BCUT2D eigenvalue weighted by atomic mass is 32.2. The van der Waals surface area contributed by atoms with Crippen LogP contribution >= 0.6 is 23.1 Å². The van der Waals surface area contributed by atoms with Gasteiger partial charge in [0.25, 0.3) is 0 Å². The van der Waals surface area contributed by atoms with Gasteiger partial charge in [0.1, 0.15) is 15.9 Å². The highest BCUT2D eigenvalue weighted by Gasteiger charge is 2.24. The van der Waals surface area contributed by atoms with Crippen molar-refractivity contribution in [1.82, 2.24) is 0 Å². The van der Waals surface area contributed by atoms with Gasteiger partial charge in [-0.05, 0) is 19.6 Å². The van der Waals surface area contributed by atoms with Crippen LogP contribution in [0.3, 0.4) is 0 Å². The van der Waals surface area contributed by atoms with E-state index in [4.69, 9.17) is 15.7 Å². The summed E-state index contributed by atoms with van der Waals surface area (Å²) in [5, 5.41) is 13.4. The number of nitrogens with two attached hydrogens (primary N) is 1. The molecule has 1 aliphatic rings. The molecule has 1 aromatic heterocycles. The number of nitriles is 1. The quantitative estimate of drug-likeness (QED) is 0.831. The second-order valence-electron chi connectivity index (χ2n) is 4.32. The number of nitrogen functional groups attached to an aromatic ring is 1. The largest absolute Gasteiger partial charge is 0.396 e. The summed E-state index contributed by atoms with van der Waals surface area (Å²) >= 11 is 3.02. The summed E-state index contributed by atoms with van der Waals surface area (Å²) in [5.74, 6) is 0.536. The number of nitrogens with one attached hydrogen (secondary N) is 1. The lowest BCUT2D eigenvalue weighted by Crippen LogP contribution is -2.20. The highest BCUT2D eigenvalue weighted by molar-refractivity contribution is 7.99. The van der Waals surface area contributed by atoms with E-state index in [1.54, 1.807) is 11.8 Å². The molecule has 6 heteroatoms. The van der Waals surface area contributed by atoms with Crippen molar-refractivity contribution in [2.45, 2.75) is 24.3 Å². The Morgan fingerprint density at radius 3 is 3.00 bits per heavy atom. The summed E-state index contributed by atoms with van der Waals surface area (Å²) in [7, 11) is 0. The lowest BCUT2D eigenvalue weighted by atomic mass is 10.0. The molecule has 0 spiro atoms. The topological polar surface area (TPSA) is 71.1 Å². The van der Waals surface area contributed by atoms with Gasteiger partial charge in [-0.15, -0.1) is 23.1 Å². The van der Waals surface area contributed by atoms with Crippen molar-refractivity contribution >= 4 is 33.8 Å². The van der Waals surface area contributed by atoms with Gasteiger partial charge in [0.15, 0.2) is 0 Å². The van der Waals surface area contributed by atoms with E-state index in [9.17, 15) is 0 Å². The van der Waals surface area contributed by atoms with Crippen LogP contribution in [0.4, 0.5) is 10.7 Å². The van der Waals surface area contributed by atoms with E-state index in [2.05, 4.69) is 18.3 Å². The third kappa shape index (κ3) is 2.58. The Bertz CT molecular complexity index is 467. The molecule has 2 heterocycles. The van der Waals surface area contributed by atoms with Crippen LogP contribution in [0.25, 0.3) is 0 Å². The summed E-state index contributed by atoms with van der Waals surface area (Å²) in [6, 6.07) is 2.14. The van der Waals surface area contributed by atoms with Crippen LogP contribution in [0.1, 0.15) is 18.2 Å². The first-order valence-corrected chi connectivity index (χ1v) is 7.93. The van der Waals surface area contributed by atoms with Crippen molar-refractivity contribution in [3.63, 3.8) is 0 Å². The standard InChI is InChI=1S/C12H17N3OS2/c1-7-8(3-4-16-7)6-15-12-11(17-2)10(14)9(5-13)18-12/h7-8,15H,3-4,6,14H2,1-2H3. The number of hydrogen-bond acceptors (Lipinski definition) is 6. The van der Waals surface area contributed by atoms with Gasteiger partial charge in [-0.25, -0.2) is 0 Å². The molecule has 1 aromatic rings. The lowest BCUT2D eigenvalue weighted by molar-refractivity contribution is 0.108. The maximum Gasteiger partial charge on any atom is 0.131 e. The molecule has 0 aliphatic carbocycles. The maximum absolute atomic E-state index is 9.00. The number of anilines is 2. The fourth-order valence-electron chi connectivity index (χ4n) is 2.10. The highest BCUT2D eigenvalue weighted by Crippen LogP contribution is 2.41. The summed E-state index contributed by atoms with van der Waals surface area (Å²) in [5.41, 5.74) is 6.54. The second kappa shape index (κ2) is 5.83. The van der Waals surface area contributed by atoms with E-state index in [-0.39, 0.29) is 0 Å². The Balaban J connectivity index is 2.07. The molecule has 0 radical (unpaired) electrons. The van der Waals surface area contributed by atoms with Gasteiger partial charge in [0.05, 0.1) is 16.7 Å². The Hall–Kier alpha value is -0.900. The zero-order valence-corrected chi connectivity index (χ0v) is 12.2. The van der Waals surface area contributed by atoms with E-state index in [0.29, 0.717) is 22.6 Å². The second-order valence-corrected chi connectivity index (χ2v) is 6.16. The van der Waals surface area contributed by atoms with Gasteiger partial charge in [-0.1, -0.05) is 0 Å². The average Bonchev–Trinajstić information content (AvgIpc) is 2.90. The first-order valence-electron chi connectivity index (χ1n) is 5.89. The van der Waals surface area contributed by atoms with Crippen LogP contribution in [0.5, 0.6) is 0 Å². The van der Waals surface area contributed by atoms with E-state index in [1.807, 2.05) is 6.26 Å². The Kier molecular flexibility index (Phi) is 4.38. The SMILES string of the molecule is CSc1c(NCC2CCOC2C)sc(C#N)c1N. The fourth-order valence-corrected chi connectivity index (χ4v) is 3.94.